The van der Waals surface area contributed by atoms with Crippen LogP contribution < -0.4 is 5.32 Å². The highest BCUT2D eigenvalue weighted by Gasteiger charge is 2.30. The quantitative estimate of drug-likeness (QED) is 0.344. The molecule has 0 saturated carbocycles. The Balaban J connectivity index is 0.00000320. The Morgan fingerprint density at radius 1 is 1.20 bits per heavy atom. The van der Waals surface area contributed by atoms with Crippen LogP contribution in [0.1, 0.15) is 31.4 Å². The number of amides is 1. The molecule has 2 aliphatic heterocycles. The van der Waals surface area contributed by atoms with E-state index >= 15 is 0 Å². The summed E-state index contributed by atoms with van der Waals surface area (Å²) in [5.74, 6) is 0.705. The molecule has 7 nitrogen and oxygen atoms in total. The second kappa shape index (κ2) is 12.4. The number of piperidine rings is 1. The highest BCUT2D eigenvalue weighted by Crippen LogP contribution is 2.21. The molecule has 2 N–H and O–H groups in total. The SMILES string of the molecule is CCNC(=NCC(O)c1ccc(F)cc1)N1CCC(C(=O)N2CCOCC2)CC1.I. The van der Waals surface area contributed by atoms with E-state index in [0.717, 1.165) is 38.4 Å². The number of likely N-dealkylation sites (tertiary alicyclic amines) is 1. The van der Waals surface area contributed by atoms with Gasteiger partial charge in [0, 0.05) is 38.6 Å². The van der Waals surface area contributed by atoms with Gasteiger partial charge in [0.05, 0.1) is 25.9 Å². The maximum absolute atomic E-state index is 13.1. The van der Waals surface area contributed by atoms with Gasteiger partial charge in [0.25, 0.3) is 0 Å². The lowest BCUT2D eigenvalue weighted by atomic mass is 9.95. The van der Waals surface area contributed by atoms with E-state index in [-0.39, 0.29) is 48.2 Å². The molecule has 1 aromatic carbocycles. The van der Waals surface area contributed by atoms with Gasteiger partial charge in [-0.2, -0.15) is 0 Å². The number of benzene rings is 1. The summed E-state index contributed by atoms with van der Waals surface area (Å²) < 4.78 is 18.4. The average Bonchev–Trinajstić information content (AvgIpc) is 2.77. The number of nitrogens with one attached hydrogen (secondary N) is 1. The van der Waals surface area contributed by atoms with E-state index in [1.54, 1.807) is 12.1 Å². The van der Waals surface area contributed by atoms with Crippen LogP contribution in [0.25, 0.3) is 0 Å². The van der Waals surface area contributed by atoms with E-state index in [2.05, 4.69) is 15.2 Å². The predicted octanol–water partition coefficient (Wildman–Crippen LogP) is 2.01. The van der Waals surface area contributed by atoms with Crippen molar-refractivity contribution in [2.75, 3.05) is 52.5 Å². The molecule has 0 radical (unpaired) electrons. The Kier molecular flexibility index (Phi) is 10.3. The van der Waals surface area contributed by atoms with Crippen LogP contribution in [0.4, 0.5) is 4.39 Å². The predicted molar refractivity (Wildman–Crippen MR) is 124 cm³/mol. The van der Waals surface area contributed by atoms with Crippen molar-refractivity contribution in [2.45, 2.75) is 25.9 Å². The molecule has 2 fully saturated rings. The van der Waals surface area contributed by atoms with Crippen LogP contribution in [0.2, 0.25) is 0 Å². The molecule has 0 aromatic heterocycles. The average molecular weight is 534 g/mol. The summed E-state index contributed by atoms with van der Waals surface area (Å²) in [4.78, 5) is 21.3. The molecule has 9 heteroatoms. The Morgan fingerprint density at radius 2 is 1.83 bits per heavy atom. The Labute approximate surface area is 194 Å². The minimum atomic E-state index is -0.787. The lowest BCUT2D eigenvalue weighted by Crippen LogP contribution is -2.50. The van der Waals surface area contributed by atoms with Crippen molar-refractivity contribution in [3.8, 4) is 0 Å². The molecule has 1 unspecified atom stereocenters. The number of guanidine groups is 1. The van der Waals surface area contributed by atoms with Gasteiger partial charge in [-0.3, -0.25) is 9.79 Å². The molecule has 0 aliphatic carbocycles. The number of nitrogens with zero attached hydrogens (tertiary/aromatic N) is 3. The van der Waals surface area contributed by atoms with Gasteiger partial charge in [-0.1, -0.05) is 12.1 Å². The molecular weight excluding hydrogens is 502 g/mol. The van der Waals surface area contributed by atoms with Gasteiger partial charge in [-0.05, 0) is 37.5 Å². The Bertz CT molecular complexity index is 690. The second-order valence-corrected chi connectivity index (χ2v) is 7.46. The van der Waals surface area contributed by atoms with Gasteiger partial charge in [0.15, 0.2) is 5.96 Å². The molecule has 168 valence electrons. The molecule has 1 atom stereocenters. The minimum Gasteiger partial charge on any atom is -0.386 e. The molecule has 2 heterocycles. The Morgan fingerprint density at radius 3 is 2.43 bits per heavy atom. The van der Waals surface area contributed by atoms with E-state index in [1.165, 1.54) is 12.1 Å². The third-order valence-corrected chi connectivity index (χ3v) is 5.47. The van der Waals surface area contributed by atoms with Gasteiger partial charge >= 0.3 is 0 Å². The summed E-state index contributed by atoms with van der Waals surface area (Å²) in [7, 11) is 0. The fraction of sp³-hybridized carbons (Fsp3) is 0.619. The molecule has 2 saturated heterocycles. The van der Waals surface area contributed by atoms with Gasteiger partial charge in [-0.25, -0.2) is 4.39 Å². The molecule has 0 spiro atoms. The van der Waals surface area contributed by atoms with Crippen LogP contribution in [-0.4, -0.2) is 79.3 Å². The van der Waals surface area contributed by atoms with Crippen LogP contribution >= 0.6 is 24.0 Å². The van der Waals surface area contributed by atoms with E-state index in [1.807, 2.05) is 11.8 Å². The first-order chi connectivity index (χ1) is 14.1. The molecule has 30 heavy (non-hydrogen) atoms. The maximum atomic E-state index is 13.1. The van der Waals surface area contributed by atoms with Crippen LogP contribution in [0, 0.1) is 11.7 Å². The third kappa shape index (κ3) is 6.78. The van der Waals surface area contributed by atoms with Crippen molar-refractivity contribution in [2.24, 2.45) is 10.9 Å². The number of aliphatic hydroxyl groups is 1. The first-order valence-electron chi connectivity index (χ1n) is 10.4. The highest BCUT2D eigenvalue weighted by molar-refractivity contribution is 14.0. The lowest BCUT2D eigenvalue weighted by Gasteiger charge is -2.36. The molecule has 1 amide bonds. The van der Waals surface area contributed by atoms with Crippen molar-refractivity contribution < 1.29 is 19.0 Å². The summed E-state index contributed by atoms with van der Waals surface area (Å²) in [6.07, 6.45) is 0.798. The number of halogens is 2. The number of rotatable bonds is 5. The fourth-order valence-electron chi connectivity index (χ4n) is 3.77. The van der Waals surface area contributed by atoms with Crippen LogP contribution in [-0.2, 0) is 9.53 Å². The van der Waals surface area contributed by atoms with Crippen LogP contribution in [0.5, 0.6) is 0 Å². The van der Waals surface area contributed by atoms with Gasteiger partial charge in [0.1, 0.15) is 5.82 Å². The molecule has 3 rings (SSSR count). The monoisotopic (exact) mass is 534 g/mol. The van der Waals surface area contributed by atoms with Crippen molar-refractivity contribution in [3.05, 3.63) is 35.6 Å². The standard InChI is InChI=1S/C21H31FN4O3.HI/c1-2-23-21(24-15-19(27)16-3-5-18(22)6-4-16)26-9-7-17(8-10-26)20(28)25-11-13-29-14-12-25;/h3-6,17,19,27H,2,7-15H2,1H3,(H,23,24);1H. The van der Waals surface area contributed by atoms with E-state index < -0.39 is 6.10 Å². The first-order valence-corrected chi connectivity index (χ1v) is 10.4. The summed E-state index contributed by atoms with van der Waals surface area (Å²) in [6.45, 7) is 7.03. The zero-order chi connectivity index (χ0) is 20.6. The smallest absolute Gasteiger partial charge is 0.225 e. The number of carbonyl (C=O) groups excluding carboxylic acids is 1. The second-order valence-electron chi connectivity index (χ2n) is 7.46. The first kappa shape index (κ1) is 24.8. The zero-order valence-corrected chi connectivity index (χ0v) is 19.8. The third-order valence-electron chi connectivity index (χ3n) is 5.47. The number of morpholine rings is 1. The minimum absolute atomic E-state index is 0. The van der Waals surface area contributed by atoms with E-state index in [4.69, 9.17) is 4.74 Å². The summed E-state index contributed by atoms with van der Waals surface area (Å²) in [5.41, 5.74) is 0.640. The normalized spacial score (nSPS) is 19.2. The molecule has 1 aromatic rings. The Hall–Kier alpha value is -1.46. The number of ether oxygens (including phenoxy) is 1. The van der Waals surface area contributed by atoms with Gasteiger partial charge in [0.2, 0.25) is 5.91 Å². The number of aliphatic hydroxyl groups excluding tert-OH is 1. The number of carbonyl (C=O) groups is 1. The summed E-state index contributed by atoms with van der Waals surface area (Å²) >= 11 is 0. The van der Waals surface area contributed by atoms with Gasteiger partial charge in [-0.15, -0.1) is 24.0 Å². The van der Waals surface area contributed by atoms with Crippen LogP contribution in [0.3, 0.4) is 0 Å². The van der Waals surface area contributed by atoms with Crippen molar-refractivity contribution in [1.29, 1.82) is 0 Å². The van der Waals surface area contributed by atoms with E-state index in [0.29, 0.717) is 31.9 Å². The largest absolute Gasteiger partial charge is 0.386 e. The van der Waals surface area contributed by atoms with Crippen molar-refractivity contribution in [3.63, 3.8) is 0 Å². The van der Waals surface area contributed by atoms with E-state index in [9.17, 15) is 14.3 Å². The van der Waals surface area contributed by atoms with Crippen LogP contribution in [0.15, 0.2) is 29.3 Å². The highest BCUT2D eigenvalue weighted by atomic mass is 127. The topological polar surface area (TPSA) is 77.4 Å². The fourth-order valence-corrected chi connectivity index (χ4v) is 3.77. The lowest BCUT2D eigenvalue weighted by molar-refractivity contribution is -0.140. The van der Waals surface area contributed by atoms with Crippen molar-refractivity contribution in [1.82, 2.24) is 15.1 Å². The maximum Gasteiger partial charge on any atom is 0.225 e. The molecule has 0 bridgehead atoms. The number of aliphatic imine (C=N–C) groups is 1. The zero-order valence-electron chi connectivity index (χ0n) is 17.4. The molecular formula is C21H32FIN4O3. The number of hydrogen-bond acceptors (Lipinski definition) is 4. The summed E-state index contributed by atoms with van der Waals surface area (Å²) in [6, 6.07) is 5.82. The van der Waals surface area contributed by atoms with Crippen molar-refractivity contribution >= 4 is 35.8 Å². The molecule has 2 aliphatic rings. The van der Waals surface area contributed by atoms with Gasteiger partial charge < -0.3 is 25.0 Å². The summed E-state index contributed by atoms with van der Waals surface area (Å²) in [5, 5.41) is 13.6. The number of hydrogen-bond donors (Lipinski definition) is 2.